The molecule has 0 spiro atoms. The van der Waals surface area contributed by atoms with Crippen LogP contribution in [-0.4, -0.2) is 40.2 Å². The van der Waals surface area contributed by atoms with Crippen molar-refractivity contribution < 1.29 is 9.53 Å². The van der Waals surface area contributed by atoms with Gasteiger partial charge in [0.15, 0.2) is 0 Å². The molecule has 19 heavy (non-hydrogen) atoms. The molecule has 5 nitrogen and oxygen atoms in total. The molecule has 0 aromatic carbocycles. The third-order valence-corrected chi connectivity index (χ3v) is 3.75. The second-order valence-corrected chi connectivity index (χ2v) is 4.92. The van der Waals surface area contributed by atoms with E-state index in [1.54, 1.807) is 18.6 Å². The van der Waals surface area contributed by atoms with E-state index >= 15 is 0 Å². The van der Waals surface area contributed by atoms with Crippen molar-refractivity contribution in [3.63, 3.8) is 0 Å². The van der Waals surface area contributed by atoms with Crippen LogP contribution < -0.4 is 0 Å². The molecule has 2 unspecified atom stereocenters. The quantitative estimate of drug-likeness (QED) is 0.816. The number of hydrogen-bond acceptors (Lipinski definition) is 4. The maximum atomic E-state index is 12.0. The zero-order valence-corrected chi connectivity index (χ0v) is 11.0. The predicted molar refractivity (Wildman–Crippen MR) is 70.2 cm³/mol. The van der Waals surface area contributed by atoms with Crippen molar-refractivity contribution in [2.24, 2.45) is 5.92 Å². The van der Waals surface area contributed by atoms with Crippen molar-refractivity contribution >= 4 is 11.7 Å². The van der Waals surface area contributed by atoms with Crippen LogP contribution in [0.4, 0.5) is 4.79 Å². The summed E-state index contributed by atoms with van der Waals surface area (Å²) in [7, 11) is 0. The van der Waals surface area contributed by atoms with E-state index in [-0.39, 0.29) is 12.1 Å². The molecule has 5 heteroatoms. The van der Waals surface area contributed by atoms with Crippen molar-refractivity contribution in [2.75, 3.05) is 13.2 Å². The average Bonchev–Trinajstić information content (AvgIpc) is 2.49. The Morgan fingerprint density at radius 1 is 1.47 bits per heavy atom. The van der Waals surface area contributed by atoms with Gasteiger partial charge in [0.2, 0.25) is 0 Å². The van der Waals surface area contributed by atoms with Crippen LogP contribution in [-0.2, 0) is 4.74 Å². The lowest BCUT2D eigenvalue weighted by Crippen LogP contribution is -2.50. The highest BCUT2D eigenvalue weighted by atomic mass is 16.6. The minimum absolute atomic E-state index is 0.0840. The Morgan fingerprint density at radius 2 is 2.37 bits per heavy atom. The molecule has 1 fully saturated rings. The first kappa shape index (κ1) is 12.1. The summed E-state index contributed by atoms with van der Waals surface area (Å²) in [6.45, 7) is 3.00. The molecule has 3 heterocycles. The third kappa shape index (κ3) is 2.20. The van der Waals surface area contributed by atoms with Crippen molar-refractivity contribution in [3.8, 4) is 0 Å². The molecule has 1 saturated heterocycles. The number of carbonyl (C=O) groups excluding carboxylic acids is 1. The van der Waals surface area contributed by atoms with E-state index in [4.69, 9.17) is 4.74 Å². The molecule has 1 amide bonds. The van der Waals surface area contributed by atoms with Crippen LogP contribution in [0.3, 0.4) is 0 Å². The fourth-order valence-electron chi connectivity index (χ4n) is 2.94. The van der Waals surface area contributed by atoms with Gasteiger partial charge in [-0.15, -0.1) is 0 Å². The first-order chi connectivity index (χ1) is 9.29. The number of carbonyl (C=O) groups is 1. The summed E-state index contributed by atoms with van der Waals surface area (Å²) in [6.07, 6.45) is 9.24. The Balaban J connectivity index is 1.89. The Labute approximate surface area is 112 Å². The topological polar surface area (TPSA) is 55.3 Å². The summed E-state index contributed by atoms with van der Waals surface area (Å²) in [4.78, 5) is 22.3. The third-order valence-electron chi connectivity index (χ3n) is 3.75. The molecule has 0 N–H and O–H groups in total. The number of nitrogens with zero attached hydrogens (tertiary/aromatic N) is 3. The van der Waals surface area contributed by atoms with E-state index in [9.17, 15) is 4.79 Å². The van der Waals surface area contributed by atoms with E-state index in [0.717, 1.165) is 30.7 Å². The highest BCUT2D eigenvalue weighted by molar-refractivity contribution is 5.77. The van der Waals surface area contributed by atoms with Crippen molar-refractivity contribution in [1.29, 1.82) is 0 Å². The summed E-state index contributed by atoms with van der Waals surface area (Å²) >= 11 is 0. The van der Waals surface area contributed by atoms with Crippen LogP contribution in [0.2, 0.25) is 0 Å². The molecule has 0 saturated carbocycles. The molecule has 4 rings (SSSR count). The number of hydrogen-bond donors (Lipinski definition) is 0. The van der Waals surface area contributed by atoms with Gasteiger partial charge >= 0.3 is 6.09 Å². The Kier molecular flexibility index (Phi) is 3.19. The van der Waals surface area contributed by atoms with Gasteiger partial charge in [0.05, 0.1) is 24.5 Å². The van der Waals surface area contributed by atoms with Gasteiger partial charge in [0.1, 0.15) is 0 Å². The molecule has 2 aliphatic heterocycles. The summed E-state index contributed by atoms with van der Waals surface area (Å²) in [6, 6.07) is 0.0840. The zero-order chi connectivity index (χ0) is 13.2. The first-order valence-electron chi connectivity index (χ1n) is 6.71. The van der Waals surface area contributed by atoms with E-state index < -0.39 is 0 Å². The Hall–Kier alpha value is -1.91. The molecular formula is C14H17N3O2. The minimum atomic E-state index is -0.216. The SMILES string of the molecule is CCOC(=O)N1CC2C=C(c3cnccn3)C1CC2. The number of piperidine rings is 1. The molecule has 1 aliphatic carbocycles. The van der Waals surface area contributed by atoms with Crippen LogP contribution in [0.5, 0.6) is 0 Å². The summed E-state index contributed by atoms with van der Waals surface area (Å²) in [5.41, 5.74) is 1.98. The lowest BCUT2D eigenvalue weighted by Gasteiger charge is -2.43. The highest BCUT2D eigenvalue weighted by Gasteiger charge is 2.39. The van der Waals surface area contributed by atoms with Gasteiger partial charge < -0.3 is 9.64 Å². The van der Waals surface area contributed by atoms with Gasteiger partial charge in [-0.3, -0.25) is 9.97 Å². The fourth-order valence-corrected chi connectivity index (χ4v) is 2.94. The second kappa shape index (κ2) is 4.99. The van der Waals surface area contributed by atoms with Crippen LogP contribution >= 0.6 is 0 Å². The molecule has 3 aliphatic rings. The molecular weight excluding hydrogens is 242 g/mol. The van der Waals surface area contributed by atoms with Crippen LogP contribution in [0.1, 0.15) is 25.5 Å². The lowest BCUT2D eigenvalue weighted by molar-refractivity contribution is 0.0768. The van der Waals surface area contributed by atoms with Gasteiger partial charge in [-0.2, -0.15) is 0 Å². The first-order valence-corrected chi connectivity index (χ1v) is 6.71. The number of amides is 1. The lowest BCUT2D eigenvalue weighted by atomic mass is 9.80. The number of aromatic nitrogens is 2. The van der Waals surface area contributed by atoms with E-state index in [2.05, 4.69) is 16.0 Å². The minimum Gasteiger partial charge on any atom is -0.450 e. The van der Waals surface area contributed by atoms with Crippen molar-refractivity contribution in [1.82, 2.24) is 14.9 Å². The van der Waals surface area contributed by atoms with Gasteiger partial charge in [0, 0.05) is 18.9 Å². The monoisotopic (exact) mass is 259 g/mol. The highest BCUT2D eigenvalue weighted by Crippen LogP contribution is 2.38. The van der Waals surface area contributed by atoms with Crippen LogP contribution in [0.25, 0.3) is 5.57 Å². The number of rotatable bonds is 2. The molecule has 1 aromatic heterocycles. The van der Waals surface area contributed by atoms with Gasteiger partial charge in [0.25, 0.3) is 0 Å². The van der Waals surface area contributed by atoms with Gasteiger partial charge in [-0.25, -0.2) is 4.79 Å². The van der Waals surface area contributed by atoms with Crippen molar-refractivity contribution in [2.45, 2.75) is 25.8 Å². The summed E-state index contributed by atoms with van der Waals surface area (Å²) in [5, 5.41) is 0. The van der Waals surface area contributed by atoms with E-state index in [1.807, 2.05) is 11.8 Å². The summed E-state index contributed by atoms with van der Waals surface area (Å²) < 4.78 is 5.14. The van der Waals surface area contributed by atoms with E-state index in [1.165, 1.54) is 0 Å². The van der Waals surface area contributed by atoms with Crippen LogP contribution in [0, 0.1) is 5.92 Å². The maximum absolute atomic E-state index is 12.0. The molecule has 2 atom stereocenters. The second-order valence-electron chi connectivity index (χ2n) is 4.92. The molecule has 2 bridgehead atoms. The standard InChI is InChI=1S/C14H17N3O2/c1-2-19-14(18)17-9-10-3-4-13(17)11(7-10)12-8-15-5-6-16-12/h5-8,10,13H,2-4,9H2,1H3. The summed E-state index contributed by atoms with van der Waals surface area (Å²) in [5.74, 6) is 0.409. The Bertz CT molecular complexity index is 501. The fraction of sp³-hybridized carbons (Fsp3) is 0.500. The predicted octanol–water partition coefficient (Wildman–Crippen LogP) is 2.11. The zero-order valence-electron chi connectivity index (χ0n) is 11.0. The molecule has 100 valence electrons. The Morgan fingerprint density at radius 3 is 3.05 bits per heavy atom. The average molecular weight is 259 g/mol. The largest absolute Gasteiger partial charge is 0.450 e. The van der Waals surface area contributed by atoms with Crippen LogP contribution in [0.15, 0.2) is 24.7 Å². The maximum Gasteiger partial charge on any atom is 0.410 e. The number of fused-ring (bicyclic) bond motifs is 2. The molecule has 0 radical (unpaired) electrons. The normalized spacial score (nSPS) is 25.1. The number of ether oxygens (including phenoxy) is 1. The van der Waals surface area contributed by atoms with Gasteiger partial charge in [-0.05, 0) is 31.3 Å². The van der Waals surface area contributed by atoms with E-state index in [0.29, 0.717) is 12.5 Å². The smallest absolute Gasteiger partial charge is 0.410 e. The van der Waals surface area contributed by atoms with Crippen molar-refractivity contribution in [3.05, 3.63) is 30.4 Å². The van der Waals surface area contributed by atoms with Gasteiger partial charge in [-0.1, -0.05) is 6.08 Å². The molecule has 1 aromatic rings.